The molecule has 76 heavy (non-hydrogen) atoms. The summed E-state index contributed by atoms with van der Waals surface area (Å²) in [7, 11) is 6.22. The van der Waals surface area contributed by atoms with E-state index in [0.29, 0.717) is 117 Å². The van der Waals surface area contributed by atoms with Crippen molar-refractivity contribution < 1.29 is 56.5 Å². The number of rotatable bonds is 31. The van der Waals surface area contributed by atoms with E-state index >= 15 is 0 Å². The third kappa shape index (κ3) is 17.0. The van der Waals surface area contributed by atoms with E-state index in [9.17, 15) is 37.5 Å². The molecule has 2 aliphatic rings. The van der Waals surface area contributed by atoms with Crippen molar-refractivity contribution in [1.82, 2.24) is 30.2 Å². The molecule has 4 aromatic rings. The smallest absolute Gasteiger partial charge is 0.254 e. The highest BCUT2D eigenvalue weighted by atomic mass is 19.1. The van der Waals surface area contributed by atoms with Gasteiger partial charge in [-0.05, 0) is 108 Å². The Kier molecular flexibility index (Phi) is 23.3. The number of hydrogen-bond acceptors (Lipinski definition) is 10. The molecule has 0 aliphatic carbocycles. The van der Waals surface area contributed by atoms with Crippen molar-refractivity contribution in [2.45, 2.75) is 90.4 Å². The third-order valence-electron chi connectivity index (χ3n) is 13.9. The minimum atomic E-state index is -0.416. The molecule has 2 aliphatic heterocycles. The number of halogens is 2. The predicted molar refractivity (Wildman–Crippen MR) is 283 cm³/mol. The number of fused-ring (bicyclic) bond motifs is 2. The lowest BCUT2D eigenvalue weighted by Gasteiger charge is -2.23. The normalized spacial score (nSPS) is 12.6. The van der Waals surface area contributed by atoms with Gasteiger partial charge >= 0.3 is 0 Å². The Balaban J connectivity index is 0.976. The van der Waals surface area contributed by atoms with Gasteiger partial charge < -0.3 is 49.2 Å². The summed E-state index contributed by atoms with van der Waals surface area (Å²) in [4.78, 5) is 89.4. The molecule has 4 aromatic carbocycles. The molecule has 0 saturated heterocycles. The fraction of sp³-hybridized carbons (Fsp3) is 0.483. The molecule has 0 radical (unpaired) electrons. The molecule has 16 nitrogen and oxygen atoms in total. The lowest BCUT2D eigenvalue weighted by molar-refractivity contribution is -0.132. The minimum absolute atomic E-state index is 0.00555. The summed E-state index contributed by atoms with van der Waals surface area (Å²) in [5.41, 5.74) is 5.87. The molecule has 2 heterocycles. The molecule has 0 unspecified atom stereocenters. The lowest BCUT2D eigenvalue weighted by Crippen LogP contribution is -2.38. The van der Waals surface area contributed by atoms with E-state index in [0.717, 1.165) is 59.1 Å². The van der Waals surface area contributed by atoms with Crippen LogP contribution in [0.15, 0.2) is 72.8 Å². The van der Waals surface area contributed by atoms with Gasteiger partial charge in [0.25, 0.3) is 23.6 Å². The van der Waals surface area contributed by atoms with Crippen LogP contribution < -0.4 is 10.6 Å². The lowest BCUT2D eigenvalue weighted by atomic mass is 9.98. The summed E-state index contributed by atoms with van der Waals surface area (Å²) >= 11 is 0. The Hall–Kier alpha value is -6.60. The second-order valence-electron chi connectivity index (χ2n) is 19.3. The van der Waals surface area contributed by atoms with Gasteiger partial charge in [0.2, 0.25) is 11.8 Å². The van der Waals surface area contributed by atoms with Gasteiger partial charge in [0.05, 0.1) is 48.7 Å². The van der Waals surface area contributed by atoms with Crippen molar-refractivity contribution in [3.05, 3.63) is 140 Å². The maximum atomic E-state index is 14.1. The van der Waals surface area contributed by atoms with Crippen molar-refractivity contribution in [2.75, 3.05) is 94.1 Å². The largest absolute Gasteiger partial charge is 0.383 e. The van der Waals surface area contributed by atoms with Crippen LogP contribution in [0, 0.1) is 11.6 Å². The van der Waals surface area contributed by atoms with Crippen LogP contribution in [0.4, 0.5) is 8.78 Å². The van der Waals surface area contributed by atoms with E-state index in [-0.39, 0.29) is 70.6 Å². The summed E-state index contributed by atoms with van der Waals surface area (Å²) < 4.78 is 48.0. The number of nitrogens with one attached hydrogen (secondary N) is 2. The van der Waals surface area contributed by atoms with Crippen LogP contribution in [-0.4, -0.2) is 149 Å². The van der Waals surface area contributed by atoms with Crippen LogP contribution in [0.1, 0.15) is 126 Å². The first-order valence-corrected chi connectivity index (χ1v) is 26.3. The summed E-state index contributed by atoms with van der Waals surface area (Å²) in [6, 6.07) is 19.1. The Labute approximate surface area is 445 Å². The van der Waals surface area contributed by atoms with Gasteiger partial charge in [0.15, 0.2) is 0 Å². The number of methoxy groups -OCH3 is 4. The highest BCUT2D eigenvalue weighted by Gasteiger charge is 2.31. The average molecular weight is 1050 g/mol. The highest BCUT2D eigenvalue weighted by molar-refractivity contribution is 6.08. The van der Waals surface area contributed by atoms with E-state index in [1.807, 2.05) is 0 Å². The second-order valence-corrected chi connectivity index (χ2v) is 19.3. The van der Waals surface area contributed by atoms with Crippen LogP contribution in [-0.2, 0) is 67.6 Å². The molecule has 6 rings (SSSR count). The Morgan fingerprint density at radius 2 is 0.763 bits per heavy atom. The van der Waals surface area contributed by atoms with E-state index < -0.39 is 11.8 Å². The molecule has 18 heteroatoms. The molecule has 410 valence electrons. The second kappa shape index (κ2) is 30.2. The molecule has 0 fully saturated rings. The number of ether oxygens (including phenoxy) is 4. The first-order valence-electron chi connectivity index (χ1n) is 26.3. The van der Waals surface area contributed by atoms with Crippen molar-refractivity contribution in [3.63, 3.8) is 0 Å². The van der Waals surface area contributed by atoms with Gasteiger partial charge in [-0.15, -0.1) is 0 Å². The summed E-state index contributed by atoms with van der Waals surface area (Å²) in [5, 5.41) is 5.85. The average Bonchev–Trinajstić information content (AvgIpc) is 4.06. The van der Waals surface area contributed by atoms with E-state index in [1.54, 1.807) is 96.6 Å². The summed E-state index contributed by atoms with van der Waals surface area (Å²) in [6.07, 6.45) is 6.56. The van der Waals surface area contributed by atoms with Gasteiger partial charge in [-0.1, -0.05) is 49.9 Å². The number of carbonyl (C=O) groups excluding carboxylic acids is 6. The van der Waals surface area contributed by atoms with Crippen molar-refractivity contribution in [3.8, 4) is 0 Å². The van der Waals surface area contributed by atoms with Gasteiger partial charge in [-0.3, -0.25) is 28.8 Å². The van der Waals surface area contributed by atoms with E-state index in [1.165, 1.54) is 24.3 Å². The monoisotopic (exact) mass is 1050 g/mol. The van der Waals surface area contributed by atoms with E-state index in [4.69, 9.17) is 18.9 Å². The van der Waals surface area contributed by atoms with Gasteiger partial charge in [-0.2, -0.15) is 0 Å². The standard InChI is InChI=1S/C58H74F2N6O10/c1-73-29-25-63(26-30-74-2)57(71)51-35-45-39-65(37-43(45)33-49(51)55(69)61-23-21-41-13-17-47(59)18-14-41)53(67)11-9-7-5-6-8-10-12-54(68)66-38-44-34-50(56(70)62-24-22-42-15-19-48(60)20-16-42)52(36-46(44)40-66)58(72)64(27-31-75-3)28-32-76-4/h13-20,33-36H,5-12,21-32,37-40H2,1-4H3,(H,61,69)(H,62,70). The quantitative estimate of drug-likeness (QED) is 0.0506. The Bertz CT molecular complexity index is 2400. The zero-order valence-corrected chi connectivity index (χ0v) is 44.5. The third-order valence-corrected chi connectivity index (χ3v) is 13.9. The molecule has 0 atom stereocenters. The summed E-state index contributed by atoms with van der Waals surface area (Å²) in [5.74, 6) is -2.20. The van der Waals surface area contributed by atoms with Crippen LogP contribution in [0.2, 0.25) is 0 Å². The van der Waals surface area contributed by atoms with Crippen LogP contribution in [0.5, 0.6) is 0 Å². The number of carbonyl (C=O) groups is 6. The van der Waals surface area contributed by atoms with Crippen molar-refractivity contribution in [2.24, 2.45) is 0 Å². The highest BCUT2D eigenvalue weighted by Crippen LogP contribution is 2.30. The van der Waals surface area contributed by atoms with Gasteiger partial charge in [0, 0.05) is 107 Å². The number of nitrogens with zero attached hydrogens (tertiary/aromatic N) is 4. The Morgan fingerprint density at radius 1 is 0.461 bits per heavy atom. The zero-order chi connectivity index (χ0) is 54.4. The van der Waals surface area contributed by atoms with Crippen LogP contribution in [0.3, 0.4) is 0 Å². The van der Waals surface area contributed by atoms with Gasteiger partial charge in [-0.25, -0.2) is 8.78 Å². The summed E-state index contributed by atoms with van der Waals surface area (Å²) in [6.45, 7) is 4.22. The number of benzene rings is 4. The SMILES string of the molecule is COCCN(CCOC)C(=O)c1cc2c(cc1C(=O)NCCc1ccc(F)cc1)CN(C(=O)CCCCCCCCC(=O)N1Cc3cc(C(=O)NCCc4ccc(F)cc4)c(C(=O)N(CCOC)CCOC)cc3C1)C2. The maximum Gasteiger partial charge on any atom is 0.254 e. The van der Waals surface area contributed by atoms with Crippen molar-refractivity contribution >= 4 is 35.4 Å². The molecule has 0 bridgehead atoms. The molecule has 0 aromatic heterocycles. The minimum Gasteiger partial charge on any atom is -0.383 e. The topological polar surface area (TPSA) is 176 Å². The Morgan fingerprint density at radius 3 is 1.08 bits per heavy atom. The molecular weight excluding hydrogens is 979 g/mol. The number of amides is 6. The van der Waals surface area contributed by atoms with Crippen LogP contribution >= 0.6 is 0 Å². The number of unbranched alkanes of at least 4 members (excludes halogenated alkanes) is 5. The zero-order valence-electron chi connectivity index (χ0n) is 44.5. The predicted octanol–water partition coefficient (Wildman–Crippen LogP) is 6.89. The first kappa shape index (κ1) is 58.7. The first-order chi connectivity index (χ1) is 36.8. The fourth-order valence-corrected chi connectivity index (χ4v) is 9.47. The molecule has 6 amide bonds. The fourth-order valence-electron chi connectivity index (χ4n) is 9.47. The van der Waals surface area contributed by atoms with Gasteiger partial charge in [0.1, 0.15) is 11.6 Å². The van der Waals surface area contributed by atoms with E-state index in [2.05, 4.69) is 10.6 Å². The molecular formula is C58H74F2N6O10. The number of hydrogen-bond donors (Lipinski definition) is 2. The van der Waals surface area contributed by atoms with Crippen molar-refractivity contribution in [1.29, 1.82) is 0 Å². The maximum absolute atomic E-state index is 14.1. The molecule has 0 saturated carbocycles. The molecule has 2 N–H and O–H groups in total. The van der Waals surface area contributed by atoms with Crippen LogP contribution in [0.25, 0.3) is 0 Å². The molecule has 0 spiro atoms.